The van der Waals surface area contributed by atoms with Gasteiger partial charge in [-0.2, -0.15) is 0 Å². The number of anilines is 2. The van der Waals surface area contributed by atoms with Crippen LogP contribution in [0.4, 0.5) is 16.2 Å². The van der Waals surface area contributed by atoms with Crippen molar-refractivity contribution >= 4 is 17.4 Å². The molecule has 0 aliphatic heterocycles. The van der Waals surface area contributed by atoms with E-state index in [-0.39, 0.29) is 12.1 Å². The topological polar surface area (TPSA) is 59.6 Å². The average Bonchev–Trinajstić information content (AvgIpc) is 2.49. The molecule has 0 aliphatic rings. The minimum absolute atomic E-state index is 0.117. The molecule has 23 heavy (non-hydrogen) atoms. The van der Waals surface area contributed by atoms with Crippen LogP contribution in [-0.2, 0) is 0 Å². The summed E-state index contributed by atoms with van der Waals surface area (Å²) in [7, 11) is 1.57. The first kappa shape index (κ1) is 16.7. The van der Waals surface area contributed by atoms with Crippen LogP contribution in [0.2, 0.25) is 0 Å². The van der Waals surface area contributed by atoms with Crippen molar-refractivity contribution in [3.05, 3.63) is 48.0 Å². The second-order valence-corrected chi connectivity index (χ2v) is 5.47. The highest BCUT2D eigenvalue weighted by Crippen LogP contribution is 2.25. The average molecular weight is 314 g/mol. The second kappa shape index (κ2) is 7.54. The van der Waals surface area contributed by atoms with E-state index in [2.05, 4.69) is 10.6 Å². The fraction of sp³-hybridized carbons (Fsp3) is 0.278. The molecule has 0 aromatic heterocycles. The van der Waals surface area contributed by atoms with E-state index in [0.29, 0.717) is 17.1 Å². The van der Waals surface area contributed by atoms with E-state index in [1.54, 1.807) is 19.2 Å². The van der Waals surface area contributed by atoms with Crippen molar-refractivity contribution in [3.8, 4) is 11.5 Å². The van der Waals surface area contributed by atoms with Crippen molar-refractivity contribution in [2.24, 2.45) is 0 Å². The van der Waals surface area contributed by atoms with Crippen LogP contribution >= 0.6 is 0 Å². The first-order chi connectivity index (χ1) is 11.0. The van der Waals surface area contributed by atoms with Gasteiger partial charge < -0.3 is 20.1 Å². The van der Waals surface area contributed by atoms with Crippen molar-refractivity contribution in [3.63, 3.8) is 0 Å². The fourth-order valence-corrected chi connectivity index (χ4v) is 2.09. The van der Waals surface area contributed by atoms with Gasteiger partial charge in [0.25, 0.3) is 0 Å². The fourth-order valence-electron chi connectivity index (χ4n) is 2.09. The van der Waals surface area contributed by atoms with Gasteiger partial charge in [0, 0.05) is 5.69 Å². The van der Waals surface area contributed by atoms with Crippen LogP contribution in [0.5, 0.6) is 11.5 Å². The summed E-state index contributed by atoms with van der Waals surface area (Å²) in [6, 6.07) is 12.5. The Balaban J connectivity index is 2.01. The van der Waals surface area contributed by atoms with Crippen LogP contribution in [-0.4, -0.2) is 19.2 Å². The summed E-state index contributed by atoms with van der Waals surface area (Å²) in [5, 5.41) is 5.57. The summed E-state index contributed by atoms with van der Waals surface area (Å²) in [4.78, 5) is 12.1. The van der Waals surface area contributed by atoms with Gasteiger partial charge in [-0.25, -0.2) is 4.79 Å². The molecular weight excluding hydrogens is 292 g/mol. The predicted octanol–water partition coefficient (Wildman–Crippen LogP) is 4.43. The molecule has 122 valence electrons. The van der Waals surface area contributed by atoms with Crippen LogP contribution in [0.3, 0.4) is 0 Å². The molecule has 0 spiro atoms. The van der Waals surface area contributed by atoms with Gasteiger partial charge in [-0.15, -0.1) is 0 Å². The van der Waals surface area contributed by atoms with Crippen LogP contribution in [0.1, 0.15) is 19.4 Å². The van der Waals surface area contributed by atoms with Crippen molar-refractivity contribution in [1.82, 2.24) is 0 Å². The van der Waals surface area contributed by atoms with E-state index >= 15 is 0 Å². The van der Waals surface area contributed by atoms with E-state index < -0.39 is 0 Å². The number of benzene rings is 2. The smallest absolute Gasteiger partial charge is 0.323 e. The Morgan fingerprint density at radius 1 is 1.04 bits per heavy atom. The summed E-state index contributed by atoms with van der Waals surface area (Å²) in [5.41, 5.74) is 2.35. The number of nitrogens with one attached hydrogen (secondary N) is 2. The molecule has 2 aromatic rings. The molecular formula is C18H22N2O3. The zero-order chi connectivity index (χ0) is 16.8. The number of carbonyl (C=O) groups excluding carboxylic acids is 1. The molecule has 0 atom stereocenters. The Morgan fingerprint density at radius 2 is 1.74 bits per heavy atom. The standard InChI is InChI=1S/C18H22N2O3/c1-12(2)23-15-8-6-14(7-9-15)19-18(21)20-16-11-13(3)5-10-17(16)22-4/h5-12H,1-4H3,(H2,19,20,21). The molecule has 0 saturated heterocycles. The second-order valence-electron chi connectivity index (χ2n) is 5.47. The Bertz CT molecular complexity index is 666. The number of hydrogen-bond donors (Lipinski definition) is 2. The van der Waals surface area contributed by atoms with Crippen molar-refractivity contribution in [2.75, 3.05) is 17.7 Å². The van der Waals surface area contributed by atoms with Crippen LogP contribution in [0.15, 0.2) is 42.5 Å². The molecule has 2 aromatic carbocycles. The van der Waals surface area contributed by atoms with E-state index in [1.807, 2.05) is 51.1 Å². The maximum atomic E-state index is 12.1. The lowest BCUT2D eigenvalue weighted by Gasteiger charge is -2.13. The molecule has 0 bridgehead atoms. The predicted molar refractivity (Wildman–Crippen MR) is 92.6 cm³/mol. The van der Waals surface area contributed by atoms with Crippen molar-refractivity contribution in [2.45, 2.75) is 26.9 Å². The molecule has 2 N–H and O–H groups in total. The number of carbonyl (C=O) groups is 1. The third-order valence-corrected chi connectivity index (χ3v) is 3.09. The highest BCUT2D eigenvalue weighted by Gasteiger charge is 2.08. The van der Waals surface area contributed by atoms with E-state index in [1.165, 1.54) is 0 Å². The maximum Gasteiger partial charge on any atom is 0.323 e. The highest BCUT2D eigenvalue weighted by molar-refractivity contribution is 6.00. The van der Waals surface area contributed by atoms with Gasteiger partial charge in [0.2, 0.25) is 0 Å². The summed E-state index contributed by atoms with van der Waals surface area (Å²) in [5.74, 6) is 1.39. The van der Waals surface area contributed by atoms with Crippen LogP contribution in [0, 0.1) is 6.92 Å². The lowest BCUT2D eigenvalue weighted by atomic mass is 10.2. The van der Waals surface area contributed by atoms with Crippen molar-refractivity contribution in [1.29, 1.82) is 0 Å². The Morgan fingerprint density at radius 3 is 2.35 bits per heavy atom. The van der Waals surface area contributed by atoms with Crippen LogP contribution in [0.25, 0.3) is 0 Å². The Kier molecular flexibility index (Phi) is 5.46. The molecule has 2 rings (SSSR count). The zero-order valence-electron chi connectivity index (χ0n) is 13.8. The molecule has 0 fully saturated rings. The Labute approximate surface area is 136 Å². The number of methoxy groups -OCH3 is 1. The summed E-state index contributed by atoms with van der Waals surface area (Å²) < 4.78 is 10.8. The number of rotatable bonds is 5. The molecule has 5 heteroatoms. The third-order valence-electron chi connectivity index (χ3n) is 3.09. The maximum absolute atomic E-state index is 12.1. The van der Waals surface area contributed by atoms with Gasteiger partial charge in [-0.3, -0.25) is 0 Å². The largest absolute Gasteiger partial charge is 0.495 e. The Hall–Kier alpha value is -2.69. The van der Waals surface area contributed by atoms with E-state index in [4.69, 9.17) is 9.47 Å². The number of ether oxygens (including phenoxy) is 2. The first-order valence-electron chi connectivity index (χ1n) is 7.47. The van der Waals surface area contributed by atoms with Gasteiger partial charge in [-0.1, -0.05) is 6.07 Å². The first-order valence-corrected chi connectivity index (χ1v) is 7.47. The SMILES string of the molecule is COc1ccc(C)cc1NC(=O)Nc1ccc(OC(C)C)cc1. The van der Waals surface area contributed by atoms with E-state index in [9.17, 15) is 4.79 Å². The van der Waals surface area contributed by atoms with Gasteiger partial charge in [0.05, 0.1) is 18.9 Å². The molecule has 0 aliphatic carbocycles. The molecule has 0 radical (unpaired) electrons. The van der Waals surface area contributed by atoms with Gasteiger partial charge in [0.15, 0.2) is 0 Å². The summed E-state index contributed by atoms with van der Waals surface area (Å²) in [6.45, 7) is 5.89. The number of amides is 2. The van der Waals surface area contributed by atoms with Gasteiger partial charge >= 0.3 is 6.03 Å². The quantitative estimate of drug-likeness (QED) is 0.858. The van der Waals surface area contributed by atoms with Gasteiger partial charge in [-0.05, 0) is 62.7 Å². The summed E-state index contributed by atoms with van der Waals surface area (Å²) in [6.07, 6.45) is 0.117. The lowest BCUT2D eigenvalue weighted by molar-refractivity contribution is 0.242. The molecule has 2 amide bonds. The monoisotopic (exact) mass is 314 g/mol. The zero-order valence-corrected chi connectivity index (χ0v) is 13.8. The van der Waals surface area contributed by atoms with Crippen LogP contribution < -0.4 is 20.1 Å². The van der Waals surface area contributed by atoms with Crippen molar-refractivity contribution < 1.29 is 14.3 Å². The molecule has 5 nitrogen and oxygen atoms in total. The van der Waals surface area contributed by atoms with Gasteiger partial charge in [0.1, 0.15) is 11.5 Å². The normalized spacial score (nSPS) is 10.3. The molecule has 0 unspecified atom stereocenters. The minimum atomic E-state index is -0.327. The lowest BCUT2D eigenvalue weighted by Crippen LogP contribution is -2.19. The minimum Gasteiger partial charge on any atom is -0.495 e. The van der Waals surface area contributed by atoms with E-state index in [0.717, 1.165) is 11.3 Å². The number of aryl methyl sites for hydroxylation is 1. The molecule has 0 saturated carbocycles. The third kappa shape index (κ3) is 4.92. The molecule has 0 heterocycles. The summed E-state index contributed by atoms with van der Waals surface area (Å²) >= 11 is 0. The highest BCUT2D eigenvalue weighted by atomic mass is 16.5. The number of urea groups is 1. The number of hydrogen-bond acceptors (Lipinski definition) is 3.